The summed E-state index contributed by atoms with van der Waals surface area (Å²) in [5.74, 6) is 0. The van der Waals surface area contributed by atoms with Gasteiger partial charge in [-0.3, -0.25) is 0 Å². The Labute approximate surface area is 118 Å². The van der Waals surface area contributed by atoms with Gasteiger partial charge >= 0.3 is 0 Å². The van der Waals surface area contributed by atoms with Crippen LogP contribution in [0.15, 0.2) is 0 Å². The van der Waals surface area contributed by atoms with Gasteiger partial charge < -0.3 is 10.2 Å². The molecule has 1 rings (SSSR count). The maximum absolute atomic E-state index is 8.76. The van der Waals surface area contributed by atoms with E-state index in [1.54, 1.807) is 0 Å². The molecule has 0 amide bonds. The van der Waals surface area contributed by atoms with Gasteiger partial charge in [-0.1, -0.05) is 22.9 Å². The Morgan fingerprint density at radius 2 is 2.22 bits per heavy atom. The molecule has 0 atom stereocenters. The highest BCUT2D eigenvalue weighted by atomic mass is 35.5. The maximum atomic E-state index is 8.76. The Bertz CT molecular complexity index is 411. The molecule has 4 nitrogen and oxygen atoms in total. The minimum Gasteiger partial charge on any atom is -0.361 e. The summed E-state index contributed by atoms with van der Waals surface area (Å²) in [5, 5.41) is 13.0. The molecule has 18 heavy (non-hydrogen) atoms. The highest BCUT2D eigenvalue weighted by Crippen LogP contribution is 2.25. The molecule has 0 fully saturated rings. The van der Waals surface area contributed by atoms with Crippen LogP contribution in [-0.4, -0.2) is 36.1 Å². The van der Waals surface area contributed by atoms with E-state index < -0.39 is 0 Å². The van der Waals surface area contributed by atoms with Gasteiger partial charge in [-0.2, -0.15) is 5.26 Å². The molecule has 1 aromatic rings. The standard InChI is InChI=1S/C12H19ClN4S/c1-9(2)17(3)7-5-4-6-15-12-16-11(13)10(8-14)18-12/h9H,4-7H2,1-3H3,(H,15,16). The van der Waals surface area contributed by atoms with Crippen molar-refractivity contribution in [2.75, 3.05) is 25.5 Å². The van der Waals surface area contributed by atoms with E-state index in [-0.39, 0.29) is 0 Å². The molecule has 0 aliphatic rings. The van der Waals surface area contributed by atoms with E-state index in [1.807, 2.05) is 6.07 Å². The molecule has 0 unspecified atom stereocenters. The van der Waals surface area contributed by atoms with Crippen LogP contribution in [0.1, 0.15) is 31.6 Å². The fourth-order valence-corrected chi connectivity index (χ4v) is 2.36. The average molecular weight is 287 g/mol. The third-order valence-corrected chi connectivity index (χ3v) is 4.09. The first-order valence-corrected chi connectivity index (χ1v) is 7.24. The molecule has 0 radical (unpaired) electrons. The van der Waals surface area contributed by atoms with E-state index in [9.17, 15) is 0 Å². The summed E-state index contributed by atoms with van der Waals surface area (Å²) in [6, 6.07) is 2.61. The summed E-state index contributed by atoms with van der Waals surface area (Å²) in [6.45, 7) is 6.35. The van der Waals surface area contributed by atoms with E-state index in [0.29, 0.717) is 16.1 Å². The van der Waals surface area contributed by atoms with Gasteiger partial charge in [0, 0.05) is 12.6 Å². The molecule has 0 spiro atoms. The first-order chi connectivity index (χ1) is 8.54. The quantitative estimate of drug-likeness (QED) is 0.782. The van der Waals surface area contributed by atoms with Crippen molar-refractivity contribution < 1.29 is 0 Å². The van der Waals surface area contributed by atoms with E-state index in [1.165, 1.54) is 11.3 Å². The highest BCUT2D eigenvalue weighted by molar-refractivity contribution is 7.16. The average Bonchev–Trinajstić information content (AvgIpc) is 2.68. The molecule has 0 saturated carbocycles. The first kappa shape index (κ1) is 15.2. The van der Waals surface area contributed by atoms with Crippen molar-refractivity contribution in [2.24, 2.45) is 0 Å². The van der Waals surface area contributed by atoms with Crippen LogP contribution < -0.4 is 5.32 Å². The van der Waals surface area contributed by atoms with Gasteiger partial charge in [0.05, 0.1) is 0 Å². The van der Waals surface area contributed by atoms with Crippen LogP contribution in [0.5, 0.6) is 0 Å². The zero-order valence-electron chi connectivity index (χ0n) is 11.0. The van der Waals surface area contributed by atoms with Gasteiger partial charge in [0.1, 0.15) is 10.9 Å². The number of hydrogen-bond donors (Lipinski definition) is 1. The summed E-state index contributed by atoms with van der Waals surface area (Å²) in [5.41, 5.74) is 0. The van der Waals surface area contributed by atoms with E-state index in [0.717, 1.165) is 31.1 Å². The van der Waals surface area contributed by atoms with Crippen molar-refractivity contribution in [1.29, 1.82) is 5.26 Å². The lowest BCUT2D eigenvalue weighted by atomic mass is 10.2. The van der Waals surface area contributed by atoms with Gasteiger partial charge in [-0.05, 0) is 40.3 Å². The van der Waals surface area contributed by atoms with Crippen molar-refractivity contribution in [3.05, 3.63) is 10.0 Å². The van der Waals surface area contributed by atoms with Crippen molar-refractivity contribution in [2.45, 2.75) is 32.7 Å². The number of unbranched alkanes of at least 4 members (excludes halogenated alkanes) is 1. The molecule has 6 heteroatoms. The Morgan fingerprint density at radius 3 is 2.78 bits per heavy atom. The minimum absolute atomic E-state index is 0.296. The fourth-order valence-electron chi connectivity index (χ4n) is 1.39. The predicted octanol–water partition coefficient (Wildman–Crippen LogP) is 3.20. The summed E-state index contributed by atoms with van der Waals surface area (Å²) < 4.78 is 0. The lowest BCUT2D eigenvalue weighted by Gasteiger charge is -2.20. The number of nitrogens with zero attached hydrogens (tertiary/aromatic N) is 3. The Balaban J connectivity index is 2.20. The molecular formula is C12H19ClN4S. The lowest BCUT2D eigenvalue weighted by Crippen LogP contribution is -2.27. The number of halogens is 1. The zero-order chi connectivity index (χ0) is 13.5. The second-order valence-corrected chi connectivity index (χ2v) is 5.82. The summed E-state index contributed by atoms with van der Waals surface area (Å²) in [7, 11) is 2.14. The molecule has 0 aliphatic carbocycles. The van der Waals surface area contributed by atoms with Crippen molar-refractivity contribution in [3.63, 3.8) is 0 Å². The Morgan fingerprint density at radius 1 is 1.50 bits per heavy atom. The molecule has 1 N–H and O–H groups in total. The smallest absolute Gasteiger partial charge is 0.185 e. The molecular weight excluding hydrogens is 268 g/mol. The second kappa shape index (κ2) is 7.57. The predicted molar refractivity (Wildman–Crippen MR) is 77.3 cm³/mol. The fraction of sp³-hybridized carbons (Fsp3) is 0.667. The molecule has 1 heterocycles. The highest BCUT2D eigenvalue weighted by Gasteiger charge is 2.07. The molecule has 100 valence electrons. The van der Waals surface area contributed by atoms with E-state index in [4.69, 9.17) is 16.9 Å². The second-order valence-electron chi connectivity index (χ2n) is 4.46. The number of nitriles is 1. The summed E-state index contributed by atoms with van der Waals surface area (Å²) in [4.78, 5) is 6.88. The van der Waals surface area contributed by atoms with Crippen molar-refractivity contribution in [3.8, 4) is 6.07 Å². The summed E-state index contributed by atoms with van der Waals surface area (Å²) >= 11 is 7.09. The van der Waals surface area contributed by atoms with Crippen LogP contribution in [0.2, 0.25) is 5.15 Å². The number of anilines is 1. The third kappa shape index (κ3) is 4.81. The molecule has 1 aromatic heterocycles. The monoisotopic (exact) mass is 286 g/mol. The molecule has 0 bridgehead atoms. The molecule has 0 aromatic carbocycles. The number of rotatable bonds is 7. The van der Waals surface area contributed by atoms with Gasteiger partial charge in [0.15, 0.2) is 10.3 Å². The van der Waals surface area contributed by atoms with Crippen LogP contribution in [0, 0.1) is 11.3 Å². The van der Waals surface area contributed by atoms with Gasteiger partial charge in [0.2, 0.25) is 0 Å². The topological polar surface area (TPSA) is 52.0 Å². The normalized spacial score (nSPS) is 10.9. The number of hydrogen-bond acceptors (Lipinski definition) is 5. The van der Waals surface area contributed by atoms with Crippen LogP contribution >= 0.6 is 22.9 Å². The zero-order valence-corrected chi connectivity index (χ0v) is 12.6. The van der Waals surface area contributed by atoms with Crippen molar-refractivity contribution in [1.82, 2.24) is 9.88 Å². The Hall–Kier alpha value is -0.830. The number of thiazole rings is 1. The van der Waals surface area contributed by atoms with Crippen LogP contribution in [0.25, 0.3) is 0 Å². The maximum Gasteiger partial charge on any atom is 0.185 e. The SMILES string of the molecule is CC(C)N(C)CCCCNc1nc(Cl)c(C#N)s1. The lowest BCUT2D eigenvalue weighted by molar-refractivity contribution is 0.269. The van der Waals surface area contributed by atoms with E-state index >= 15 is 0 Å². The Kier molecular flexibility index (Phi) is 6.41. The van der Waals surface area contributed by atoms with Gasteiger partial charge in [-0.25, -0.2) is 4.98 Å². The minimum atomic E-state index is 0.296. The third-order valence-electron chi connectivity index (χ3n) is 2.78. The number of nitrogens with one attached hydrogen (secondary N) is 1. The van der Waals surface area contributed by atoms with Crippen molar-refractivity contribution >= 4 is 28.1 Å². The van der Waals surface area contributed by atoms with E-state index in [2.05, 4.69) is 36.1 Å². The van der Waals surface area contributed by atoms with Gasteiger partial charge in [0.25, 0.3) is 0 Å². The largest absolute Gasteiger partial charge is 0.361 e. The van der Waals surface area contributed by atoms with Crippen LogP contribution in [-0.2, 0) is 0 Å². The first-order valence-electron chi connectivity index (χ1n) is 6.05. The summed E-state index contributed by atoms with van der Waals surface area (Å²) in [6.07, 6.45) is 2.22. The van der Waals surface area contributed by atoms with Crippen LogP contribution in [0.4, 0.5) is 5.13 Å². The molecule has 0 saturated heterocycles. The number of aromatic nitrogens is 1. The van der Waals surface area contributed by atoms with Gasteiger partial charge in [-0.15, -0.1) is 0 Å². The molecule has 0 aliphatic heterocycles. The van der Waals surface area contributed by atoms with Crippen LogP contribution in [0.3, 0.4) is 0 Å².